The summed E-state index contributed by atoms with van der Waals surface area (Å²) in [4.78, 5) is 23.6. The standard InChI is InChI=1S/C18H17BrFN3O4/c1-27-15-9-12(19)8-11(17(15)25)10-22-23-16(24)6-7-21-18(26)13-4-2-3-5-14(13)20/h2-5,8-10,25H,6-7H2,1H3,(H,21,26)(H,23,24). The van der Waals surface area contributed by atoms with E-state index in [9.17, 15) is 19.1 Å². The summed E-state index contributed by atoms with van der Waals surface area (Å²) >= 11 is 3.27. The van der Waals surface area contributed by atoms with Crippen LogP contribution >= 0.6 is 15.9 Å². The van der Waals surface area contributed by atoms with E-state index in [1.807, 2.05) is 0 Å². The topological polar surface area (TPSA) is 100 Å². The van der Waals surface area contributed by atoms with Gasteiger partial charge < -0.3 is 15.2 Å². The number of halogens is 2. The van der Waals surface area contributed by atoms with Crippen LogP contribution < -0.4 is 15.5 Å². The van der Waals surface area contributed by atoms with Crippen molar-refractivity contribution in [3.05, 3.63) is 57.8 Å². The summed E-state index contributed by atoms with van der Waals surface area (Å²) in [5, 5.41) is 16.2. The van der Waals surface area contributed by atoms with E-state index in [1.165, 1.54) is 31.5 Å². The number of phenolic OH excluding ortho intramolecular Hbond substituents is 1. The van der Waals surface area contributed by atoms with Crippen LogP contribution in [0.25, 0.3) is 0 Å². The van der Waals surface area contributed by atoms with E-state index >= 15 is 0 Å². The summed E-state index contributed by atoms with van der Waals surface area (Å²) in [5.41, 5.74) is 2.53. The SMILES string of the molecule is COc1cc(Br)cc(C=NNC(=O)CCNC(=O)c2ccccc2F)c1O. The monoisotopic (exact) mass is 437 g/mol. The van der Waals surface area contributed by atoms with Crippen LogP contribution in [0.5, 0.6) is 11.5 Å². The van der Waals surface area contributed by atoms with Crippen molar-refractivity contribution in [3.63, 3.8) is 0 Å². The predicted octanol–water partition coefficient (Wildman–Crippen LogP) is 2.57. The van der Waals surface area contributed by atoms with E-state index in [4.69, 9.17) is 4.74 Å². The number of methoxy groups -OCH3 is 1. The third-order valence-corrected chi connectivity index (χ3v) is 3.90. The summed E-state index contributed by atoms with van der Waals surface area (Å²) in [6.07, 6.45) is 1.21. The number of nitrogens with zero attached hydrogens (tertiary/aromatic N) is 1. The Morgan fingerprint density at radius 1 is 1.33 bits per heavy atom. The first-order valence-corrected chi connectivity index (χ1v) is 8.62. The fraction of sp³-hybridized carbons (Fsp3) is 0.167. The molecule has 0 radical (unpaired) electrons. The van der Waals surface area contributed by atoms with Crippen molar-refractivity contribution in [2.75, 3.05) is 13.7 Å². The number of amides is 2. The van der Waals surface area contributed by atoms with Gasteiger partial charge in [-0.1, -0.05) is 28.1 Å². The average Bonchev–Trinajstić information content (AvgIpc) is 2.64. The van der Waals surface area contributed by atoms with Crippen LogP contribution in [-0.2, 0) is 4.79 Å². The molecule has 2 rings (SSSR count). The van der Waals surface area contributed by atoms with Crippen LogP contribution in [0.4, 0.5) is 4.39 Å². The van der Waals surface area contributed by atoms with Gasteiger partial charge in [0.05, 0.1) is 18.9 Å². The molecule has 2 aromatic carbocycles. The highest BCUT2D eigenvalue weighted by Crippen LogP contribution is 2.32. The minimum atomic E-state index is -0.631. The molecular weight excluding hydrogens is 421 g/mol. The minimum Gasteiger partial charge on any atom is -0.504 e. The zero-order valence-corrected chi connectivity index (χ0v) is 15.9. The number of hydrogen-bond acceptors (Lipinski definition) is 5. The largest absolute Gasteiger partial charge is 0.504 e. The van der Waals surface area contributed by atoms with Gasteiger partial charge in [-0.3, -0.25) is 9.59 Å². The van der Waals surface area contributed by atoms with Crippen LogP contribution in [0.15, 0.2) is 46.0 Å². The molecule has 0 bridgehead atoms. The molecule has 0 saturated carbocycles. The van der Waals surface area contributed by atoms with Gasteiger partial charge in [0, 0.05) is 23.0 Å². The lowest BCUT2D eigenvalue weighted by atomic mass is 10.2. The zero-order chi connectivity index (χ0) is 19.8. The lowest BCUT2D eigenvalue weighted by Gasteiger charge is -2.07. The van der Waals surface area contributed by atoms with Gasteiger partial charge in [0.15, 0.2) is 11.5 Å². The molecule has 0 heterocycles. The second-order valence-electron chi connectivity index (χ2n) is 5.32. The number of hydrazone groups is 1. The van der Waals surface area contributed by atoms with Crippen LogP contribution in [0.1, 0.15) is 22.3 Å². The highest BCUT2D eigenvalue weighted by atomic mass is 79.9. The Labute approximate surface area is 163 Å². The number of rotatable bonds is 7. The van der Waals surface area contributed by atoms with Gasteiger partial charge in [0.25, 0.3) is 5.91 Å². The third-order valence-electron chi connectivity index (χ3n) is 3.44. The van der Waals surface area contributed by atoms with Crippen molar-refractivity contribution in [2.24, 2.45) is 5.10 Å². The number of carbonyl (C=O) groups excluding carboxylic acids is 2. The maximum Gasteiger partial charge on any atom is 0.254 e. The Morgan fingerprint density at radius 3 is 2.78 bits per heavy atom. The van der Waals surface area contributed by atoms with Crippen LogP contribution in [0, 0.1) is 5.82 Å². The average molecular weight is 438 g/mol. The maximum atomic E-state index is 13.5. The molecule has 142 valence electrons. The van der Waals surface area contributed by atoms with Crippen LogP contribution in [-0.4, -0.2) is 36.8 Å². The second-order valence-corrected chi connectivity index (χ2v) is 6.24. The van der Waals surface area contributed by atoms with E-state index in [-0.39, 0.29) is 30.0 Å². The van der Waals surface area contributed by atoms with Crippen LogP contribution in [0.3, 0.4) is 0 Å². The maximum absolute atomic E-state index is 13.5. The molecule has 3 N–H and O–H groups in total. The molecule has 0 spiro atoms. The minimum absolute atomic E-state index is 0.0183. The second kappa shape index (κ2) is 9.67. The fourth-order valence-corrected chi connectivity index (χ4v) is 2.56. The number of benzene rings is 2. The highest BCUT2D eigenvalue weighted by Gasteiger charge is 2.11. The highest BCUT2D eigenvalue weighted by molar-refractivity contribution is 9.10. The number of ether oxygens (including phenoxy) is 1. The summed E-state index contributed by atoms with van der Waals surface area (Å²) in [6.45, 7) is 0.0183. The van der Waals surface area contributed by atoms with E-state index in [0.717, 1.165) is 0 Å². The van der Waals surface area contributed by atoms with Crippen molar-refractivity contribution >= 4 is 34.0 Å². The van der Waals surface area contributed by atoms with Crippen molar-refractivity contribution in [1.82, 2.24) is 10.7 Å². The molecule has 2 amide bonds. The predicted molar refractivity (Wildman–Crippen MR) is 101 cm³/mol. The molecule has 0 aliphatic rings. The first-order valence-electron chi connectivity index (χ1n) is 7.83. The number of aromatic hydroxyl groups is 1. The number of carbonyl (C=O) groups is 2. The summed E-state index contributed by atoms with van der Waals surface area (Å²) in [5.74, 6) is -1.55. The molecule has 2 aromatic rings. The van der Waals surface area contributed by atoms with Gasteiger partial charge in [-0.15, -0.1) is 0 Å². The lowest BCUT2D eigenvalue weighted by molar-refractivity contribution is -0.120. The number of nitrogens with one attached hydrogen (secondary N) is 2. The van der Waals surface area contributed by atoms with E-state index in [0.29, 0.717) is 10.0 Å². The fourth-order valence-electron chi connectivity index (χ4n) is 2.11. The Morgan fingerprint density at radius 2 is 2.07 bits per heavy atom. The zero-order valence-electron chi connectivity index (χ0n) is 14.3. The molecule has 27 heavy (non-hydrogen) atoms. The van der Waals surface area contributed by atoms with Gasteiger partial charge >= 0.3 is 0 Å². The molecule has 0 saturated heterocycles. The Hall–Kier alpha value is -2.94. The number of phenols is 1. The Kier molecular flexibility index (Phi) is 7.30. The van der Waals surface area contributed by atoms with Crippen molar-refractivity contribution in [1.29, 1.82) is 0 Å². The molecule has 0 aliphatic carbocycles. The number of hydrogen-bond donors (Lipinski definition) is 3. The van der Waals surface area contributed by atoms with Gasteiger partial charge in [0.1, 0.15) is 5.82 Å². The first kappa shape index (κ1) is 20.4. The molecule has 9 heteroatoms. The van der Waals surface area contributed by atoms with Crippen molar-refractivity contribution in [2.45, 2.75) is 6.42 Å². The Bertz CT molecular complexity index is 874. The smallest absolute Gasteiger partial charge is 0.254 e. The van der Waals surface area contributed by atoms with Gasteiger partial charge in [0.2, 0.25) is 5.91 Å². The molecule has 7 nitrogen and oxygen atoms in total. The van der Waals surface area contributed by atoms with Crippen molar-refractivity contribution < 1.29 is 23.8 Å². The Balaban J connectivity index is 1.83. The van der Waals surface area contributed by atoms with Crippen LogP contribution in [0.2, 0.25) is 0 Å². The van der Waals surface area contributed by atoms with E-state index in [1.54, 1.807) is 18.2 Å². The van der Waals surface area contributed by atoms with E-state index in [2.05, 4.69) is 31.8 Å². The van der Waals surface area contributed by atoms with E-state index < -0.39 is 17.6 Å². The summed E-state index contributed by atoms with van der Waals surface area (Å²) < 4.78 is 19.2. The third kappa shape index (κ3) is 5.78. The molecule has 0 aromatic heterocycles. The summed E-state index contributed by atoms with van der Waals surface area (Å²) in [6, 6.07) is 8.75. The van der Waals surface area contributed by atoms with Crippen molar-refractivity contribution in [3.8, 4) is 11.5 Å². The van der Waals surface area contributed by atoms with Gasteiger partial charge in [-0.25, -0.2) is 9.82 Å². The van der Waals surface area contributed by atoms with Gasteiger partial charge in [-0.05, 0) is 24.3 Å². The quantitative estimate of drug-likeness (QED) is 0.457. The first-order chi connectivity index (χ1) is 12.9. The molecule has 0 fully saturated rings. The lowest BCUT2D eigenvalue weighted by Crippen LogP contribution is -2.29. The molecule has 0 unspecified atom stereocenters. The molecule has 0 atom stereocenters. The molecule has 0 aliphatic heterocycles. The normalized spacial score (nSPS) is 10.6. The summed E-state index contributed by atoms with van der Waals surface area (Å²) in [7, 11) is 1.42. The molecular formula is C18H17BrFN3O4. The van der Waals surface area contributed by atoms with Gasteiger partial charge in [-0.2, -0.15) is 5.10 Å².